The third-order valence-corrected chi connectivity index (χ3v) is 5.70. The molecule has 0 aromatic carbocycles. The largest absolute Gasteiger partial charge is 0.302 e. The van der Waals surface area contributed by atoms with Gasteiger partial charge < -0.3 is 4.57 Å². The van der Waals surface area contributed by atoms with Gasteiger partial charge in [-0.3, -0.25) is 14.7 Å². The van der Waals surface area contributed by atoms with Gasteiger partial charge in [0.25, 0.3) is 0 Å². The minimum Gasteiger partial charge on any atom is -0.302 e. The fraction of sp³-hybridized carbons (Fsp3) is 0.353. The third kappa shape index (κ3) is 3.94. The van der Waals surface area contributed by atoms with Gasteiger partial charge >= 0.3 is 0 Å². The van der Waals surface area contributed by atoms with E-state index in [4.69, 9.17) is 0 Å². The van der Waals surface area contributed by atoms with Crippen LogP contribution in [0.1, 0.15) is 26.5 Å². The molecule has 0 unspecified atom stereocenters. The SMILES string of the molecule is CCN(C(C)=O)c1nc(CSc2nnc(-c3ccncc3)n2CC)cs1. The number of rotatable bonds is 7. The average Bonchev–Trinajstić information content (AvgIpc) is 3.27. The van der Waals surface area contributed by atoms with Crippen molar-refractivity contribution in [2.24, 2.45) is 0 Å². The van der Waals surface area contributed by atoms with Crippen LogP contribution >= 0.6 is 23.1 Å². The summed E-state index contributed by atoms with van der Waals surface area (Å²) in [5, 5.41) is 12.3. The van der Waals surface area contributed by atoms with Crippen LogP contribution in [0, 0.1) is 0 Å². The van der Waals surface area contributed by atoms with E-state index in [1.165, 1.54) is 11.3 Å². The maximum atomic E-state index is 11.6. The summed E-state index contributed by atoms with van der Waals surface area (Å²) >= 11 is 3.08. The maximum Gasteiger partial charge on any atom is 0.225 e. The Hall–Kier alpha value is -2.26. The Kier molecular flexibility index (Phi) is 6.00. The van der Waals surface area contributed by atoms with Gasteiger partial charge in [-0.05, 0) is 26.0 Å². The zero-order valence-electron chi connectivity index (χ0n) is 14.9. The quantitative estimate of drug-likeness (QED) is 0.577. The van der Waals surface area contributed by atoms with E-state index in [9.17, 15) is 4.79 Å². The highest BCUT2D eigenvalue weighted by molar-refractivity contribution is 7.98. The molecular weight excluding hydrogens is 368 g/mol. The highest BCUT2D eigenvalue weighted by atomic mass is 32.2. The van der Waals surface area contributed by atoms with Crippen molar-refractivity contribution in [3.8, 4) is 11.4 Å². The van der Waals surface area contributed by atoms with Crippen molar-refractivity contribution in [1.29, 1.82) is 0 Å². The molecule has 136 valence electrons. The molecule has 0 bridgehead atoms. The van der Waals surface area contributed by atoms with Crippen LogP contribution in [0.25, 0.3) is 11.4 Å². The number of nitrogens with zero attached hydrogens (tertiary/aromatic N) is 6. The number of amides is 1. The van der Waals surface area contributed by atoms with Gasteiger partial charge in [-0.25, -0.2) is 4.98 Å². The Morgan fingerprint density at radius 2 is 2.04 bits per heavy atom. The van der Waals surface area contributed by atoms with E-state index >= 15 is 0 Å². The van der Waals surface area contributed by atoms with E-state index in [1.807, 2.05) is 24.4 Å². The zero-order chi connectivity index (χ0) is 18.5. The van der Waals surface area contributed by atoms with E-state index in [0.717, 1.165) is 33.9 Å². The number of pyridine rings is 1. The molecule has 0 aliphatic carbocycles. The molecule has 1 amide bonds. The van der Waals surface area contributed by atoms with Crippen molar-refractivity contribution in [1.82, 2.24) is 24.7 Å². The molecule has 0 aliphatic rings. The maximum absolute atomic E-state index is 11.6. The number of thiazole rings is 1. The molecular formula is C17H20N6OS2. The van der Waals surface area contributed by atoms with Crippen LogP contribution in [0.3, 0.4) is 0 Å². The smallest absolute Gasteiger partial charge is 0.225 e. The van der Waals surface area contributed by atoms with Crippen LogP contribution < -0.4 is 4.90 Å². The van der Waals surface area contributed by atoms with Crippen LogP contribution in [0.15, 0.2) is 35.1 Å². The Morgan fingerprint density at radius 1 is 1.27 bits per heavy atom. The molecule has 26 heavy (non-hydrogen) atoms. The summed E-state index contributed by atoms with van der Waals surface area (Å²) < 4.78 is 2.08. The molecule has 3 aromatic heterocycles. The first-order chi connectivity index (χ1) is 12.6. The molecule has 0 N–H and O–H groups in total. The Balaban J connectivity index is 1.74. The number of carbonyl (C=O) groups excluding carboxylic acids is 1. The van der Waals surface area contributed by atoms with Crippen molar-refractivity contribution >= 4 is 34.1 Å². The van der Waals surface area contributed by atoms with Crippen molar-refractivity contribution in [3.05, 3.63) is 35.6 Å². The van der Waals surface area contributed by atoms with Gasteiger partial charge in [0.2, 0.25) is 5.91 Å². The summed E-state index contributed by atoms with van der Waals surface area (Å²) in [6.45, 7) is 6.98. The monoisotopic (exact) mass is 388 g/mol. The molecule has 9 heteroatoms. The van der Waals surface area contributed by atoms with Gasteiger partial charge in [-0.15, -0.1) is 21.5 Å². The Labute approximate surface area is 160 Å². The third-order valence-electron chi connectivity index (χ3n) is 3.79. The van der Waals surface area contributed by atoms with Crippen LogP contribution in [-0.4, -0.2) is 37.2 Å². The van der Waals surface area contributed by atoms with Crippen LogP contribution in [0.5, 0.6) is 0 Å². The van der Waals surface area contributed by atoms with Crippen LogP contribution in [0.2, 0.25) is 0 Å². The number of aromatic nitrogens is 5. The first kappa shape index (κ1) is 18.5. The first-order valence-electron chi connectivity index (χ1n) is 8.32. The van der Waals surface area contributed by atoms with Crippen molar-refractivity contribution in [3.63, 3.8) is 0 Å². The van der Waals surface area contributed by atoms with Gasteiger partial charge in [0.05, 0.1) is 5.69 Å². The van der Waals surface area contributed by atoms with Gasteiger partial charge in [0, 0.05) is 49.1 Å². The summed E-state index contributed by atoms with van der Waals surface area (Å²) in [4.78, 5) is 21.9. The first-order valence-corrected chi connectivity index (χ1v) is 10.2. The molecule has 0 fully saturated rings. The Bertz CT molecular complexity index is 877. The van der Waals surface area contributed by atoms with Crippen molar-refractivity contribution in [2.45, 2.75) is 38.2 Å². The average molecular weight is 389 g/mol. The highest BCUT2D eigenvalue weighted by Crippen LogP contribution is 2.28. The van der Waals surface area contributed by atoms with E-state index in [1.54, 1.807) is 36.0 Å². The molecule has 0 aliphatic heterocycles. The standard InChI is InChI=1S/C17H20N6OS2/c1-4-22(12(3)24)16-19-14(10-25-16)11-26-17-21-20-15(23(17)5-2)13-6-8-18-9-7-13/h6-10H,4-5,11H2,1-3H3. The normalized spacial score (nSPS) is 10.9. The van der Waals surface area contributed by atoms with Crippen molar-refractivity contribution in [2.75, 3.05) is 11.4 Å². The highest BCUT2D eigenvalue weighted by Gasteiger charge is 2.16. The molecule has 3 rings (SSSR count). The summed E-state index contributed by atoms with van der Waals surface area (Å²) in [5.41, 5.74) is 1.93. The van der Waals surface area contributed by atoms with Gasteiger partial charge in [0.15, 0.2) is 16.1 Å². The molecule has 3 heterocycles. The zero-order valence-corrected chi connectivity index (χ0v) is 16.5. The molecule has 0 radical (unpaired) electrons. The second-order valence-corrected chi connectivity index (χ2v) is 7.24. The molecule has 0 atom stereocenters. The Morgan fingerprint density at radius 3 is 2.69 bits per heavy atom. The van der Waals surface area contributed by atoms with Crippen LogP contribution in [-0.2, 0) is 17.1 Å². The lowest BCUT2D eigenvalue weighted by atomic mass is 10.2. The molecule has 7 nitrogen and oxygen atoms in total. The van der Waals surface area contributed by atoms with Crippen molar-refractivity contribution < 1.29 is 4.79 Å². The summed E-state index contributed by atoms with van der Waals surface area (Å²) in [6, 6.07) is 3.86. The minimum absolute atomic E-state index is 0.00812. The second-order valence-electron chi connectivity index (χ2n) is 5.46. The lowest BCUT2D eigenvalue weighted by Gasteiger charge is -2.14. The van der Waals surface area contributed by atoms with Gasteiger partial charge in [-0.2, -0.15) is 0 Å². The fourth-order valence-corrected chi connectivity index (χ4v) is 4.45. The fourth-order valence-electron chi connectivity index (χ4n) is 2.51. The number of thioether (sulfide) groups is 1. The number of hydrogen-bond acceptors (Lipinski definition) is 7. The molecule has 0 saturated heterocycles. The predicted octanol–water partition coefficient (Wildman–Crippen LogP) is 3.48. The van der Waals surface area contributed by atoms with E-state index < -0.39 is 0 Å². The lowest BCUT2D eigenvalue weighted by molar-refractivity contribution is -0.116. The topological polar surface area (TPSA) is 76.8 Å². The summed E-state index contributed by atoms with van der Waals surface area (Å²) in [7, 11) is 0. The van der Waals surface area contributed by atoms with E-state index in [-0.39, 0.29) is 5.91 Å². The molecule has 3 aromatic rings. The van der Waals surface area contributed by atoms with Crippen LogP contribution in [0.4, 0.5) is 5.13 Å². The van der Waals surface area contributed by atoms with E-state index in [0.29, 0.717) is 12.3 Å². The van der Waals surface area contributed by atoms with E-state index in [2.05, 4.69) is 31.7 Å². The second kappa shape index (κ2) is 8.41. The molecule has 0 saturated carbocycles. The van der Waals surface area contributed by atoms with Gasteiger partial charge in [-0.1, -0.05) is 11.8 Å². The number of carbonyl (C=O) groups is 1. The minimum atomic E-state index is 0.00812. The number of hydrogen-bond donors (Lipinski definition) is 0. The predicted molar refractivity (Wildman–Crippen MR) is 104 cm³/mol. The number of anilines is 1. The lowest BCUT2D eigenvalue weighted by Crippen LogP contribution is -2.27. The van der Waals surface area contributed by atoms with Gasteiger partial charge in [0.1, 0.15) is 0 Å². The molecule has 0 spiro atoms. The summed E-state index contributed by atoms with van der Waals surface area (Å²) in [5.74, 6) is 1.53. The summed E-state index contributed by atoms with van der Waals surface area (Å²) in [6.07, 6.45) is 3.50.